The highest BCUT2D eigenvalue weighted by atomic mass is 35.5. The van der Waals surface area contributed by atoms with Crippen LogP contribution < -0.4 is 10.6 Å². The molecular formula is C13H18Cl2N2O. The van der Waals surface area contributed by atoms with E-state index in [9.17, 15) is 0 Å². The molecule has 0 spiro atoms. The molecular weight excluding hydrogens is 271 g/mol. The predicted octanol–water partition coefficient (Wildman–Crippen LogP) is 2.94. The van der Waals surface area contributed by atoms with Crippen LogP contribution >= 0.6 is 23.2 Å². The van der Waals surface area contributed by atoms with E-state index in [1.807, 2.05) is 12.1 Å². The topological polar surface area (TPSA) is 38.5 Å². The molecule has 0 saturated carbocycles. The Balaban J connectivity index is 2.29. The maximum Gasteiger partial charge on any atom is 0.0879 e. The first kappa shape index (κ1) is 13.9. The fraction of sp³-hybridized carbons (Fsp3) is 0.538. The maximum absolute atomic E-state index is 6.26. The Hall–Kier alpha value is -0.480. The zero-order chi connectivity index (χ0) is 13.3. The molecule has 1 atom stereocenters. The number of halogens is 2. The van der Waals surface area contributed by atoms with E-state index in [4.69, 9.17) is 33.7 Å². The molecule has 1 heterocycles. The Bertz CT molecular complexity index is 437. The smallest absolute Gasteiger partial charge is 0.0879 e. The largest absolute Gasteiger partial charge is 0.367 e. The summed E-state index contributed by atoms with van der Waals surface area (Å²) in [4.78, 5) is 2.19. The number of morpholine rings is 1. The molecule has 100 valence electrons. The van der Waals surface area contributed by atoms with Crippen molar-refractivity contribution in [3.05, 3.63) is 28.2 Å². The van der Waals surface area contributed by atoms with E-state index in [2.05, 4.69) is 18.7 Å². The average molecular weight is 289 g/mol. The third-order valence-corrected chi connectivity index (χ3v) is 3.83. The molecule has 1 aromatic rings. The van der Waals surface area contributed by atoms with Gasteiger partial charge in [0.2, 0.25) is 0 Å². The molecule has 2 rings (SSSR count). The van der Waals surface area contributed by atoms with Gasteiger partial charge in [0, 0.05) is 19.6 Å². The van der Waals surface area contributed by atoms with E-state index in [-0.39, 0.29) is 11.7 Å². The first-order valence-electron chi connectivity index (χ1n) is 6.00. The van der Waals surface area contributed by atoms with Gasteiger partial charge in [-0.3, -0.25) is 0 Å². The number of nitrogens with two attached hydrogens (primary N) is 1. The summed E-state index contributed by atoms with van der Waals surface area (Å²) in [5.74, 6) is 0. The highest BCUT2D eigenvalue weighted by Crippen LogP contribution is 2.35. The first-order valence-corrected chi connectivity index (χ1v) is 6.75. The molecule has 18 heavy (non-hydrogen) atoms. The van der Waals surface area contributed by atoms with Crippen molar-refractivity contribution in [3.8, 4) is 0 Å². The average Bonchev–Trinajstić information content (AvgIpc) is 2.30. The van der Waals surface area contributed by atoms with Crippen molar-refractivity contribution < 1.29 is 4.74 Å². The number of hydrogen-bond acceptors (Lipinski definition) is 3. The van der Waals surface area contributed by atoms with E-state index in [1.165, 1.54) is 0 Å². The Morgan fingerprint density at radius 2 is 2.17 bits per heavy atom. The molecule has 5 heteroatoms. The molecule has 1 aliphatic rings. The minimum Gasteiger partial charge on any atom is -0.367 e. The highest BCUT2D eigenvalue weighted by molar-refractivity contribution is 6.43. The summed E-state index contributed by atoms with van der Waals surface area (Å²) in [7, 11) is 0. The second-order valence-electron chi connectivity index (χ2n) is 5.19. The summed E-state index contributed by atoms with van der Waals surface area (Å²) in [6.07, 6.45) is 0.0174. The van der Waals surface area contributed by atoms with Crippen LogP contribution in [-0.2, 0) is 4.74 Å². The summed E-state index contributed by atoms with van der Waals surface area (Å²) < 4.78 is 5.90. The Kier molecular flexibility index (Phi) is 4.07. The zero-order valence-corrected chi connectivity index (χ0v) is 12.1. The zero-order valence-electron chi connectivity index (χ0n) is 10.6. The number of nitrogens with zero attached hydrogens (tertiary/aromatic N) is 1. The summed E-state index contributed by atoms with van der Waals surface area (Å²) >= 11 is 12.3. The van der Waals surface area contributed by atoms with E-state index in [1.54, 1.807) is 6.07 Å². The molecule has 1 aromatic carbocycles. The summed E-state index contributed by atoms with van der Waals surface area (Å²) in [6, 6.07) is 5.67. The van der Waals surface area contributed by atoms with Crippen LogP contribution in [0.25, 0.3) is 0 Å². The molecule has 0 aromatic heterocycles. The van der Waals surface area contributed by atoms with Gasteiger partial charge in [-0.05, 0) is 26.0 Å². The van der Waals surface area contributed by atoms with Crippen LogP contribution in [0.5, 0.6) is 0 Å². The molecule has 1 fully saturated rings. The van der Waals surface area contributed by atoms with Crippen molar-refractivity contribution in [1.29, 1.82) is 0 Å². The number of rotatable bonds is 2. The maximum atomic E-state index is 6.26. The van der Waals surface area contributed by atoms with Crippen LogP contribution in [0.4, 0.5) is 5.69 Å². The number of anilines is 1. The highest BCUT2D eigenvalue weighted by Gasteiger charge is 2.33. The lowest BCUT2D eigenvalue weighted by molar-refractivity contribution is -0.0788. The third kappa shape index (κ3) is 2.91. The van der Waals surface area contributed by atoms with Gasteiger partial charge in [0.05, 0.1) is 27.4 Å². The molecule has 1 aliphatic heterocycles. The molecule has 2 N–H and O–H groups in total. The van der Waals surface area contributed by atoms with Crippen molar-refractivity contribution in [1.82, 2.24) is 0 Å². The van der Waals surface area contributed by atoms with Crippen molar-refractivity contribution in [2.45, 2.75) is 25.6 Å². The second-order valence-corrected chi connectivity index (χ2v) is 5.97. The van der Waals surface area contributed by atoms with Crippen molar-refractivity contribution >= 4 is 28.9 Å². The van der Waals surface area contributed by atoms with Gasteiger partial charge in [-0.2, -0.15) is 0 Å². The van der Waals surface area contributed by atoms with Gasteiger partial charge in [-0.15, -0.1) is 0 Å². The summed E-state index contributed by atoms with van der Waals surface area (Å²) in [5, 5.41) is 1.16. The fourth-order valence-corrected chi connectivity index (χ4v) is 2.75. The summed E-state index contributed by atoms with van der Waals surface area (Å²) in [6.45, 7) is 6.11. The molecule has 0 amide bonds. The minimum absolute atomic E-state index is 0.0174. The van der Waals surface area contributed by atoms with Crippen LogP contribution in [-0.4, -0.2) is 31.3 Å². The summed E-state index contributed by atoms with van der Waals surface area (Å²) in [5.41, 5.74) is 6.42. The lowest BCUT2D eigenvalue weighted by atomic mass is 10.0. The number of hydrogen-bond donors (Lipinski definition) is 1. The number of benzene rings is 1. The normalized spacial score (nSPS) is 23.2. The van der Waals surface area contributed by atoms with Crippen LogP contribution in [0.15, 0.2) is 18.2 Å². The van der Waals surface area contributed by atoms with E-state index >= 15 is 0 Å². The second kappa shape index (κ2) is 5.25. The quantitative estimate of drug-likeness (QED) is 0.909. The molecule has 0 radical (unpaired) electrons. The fourth-order valence-electron chi connectivity index (χ4n) is 2.34. The monoisotopic (exact) mass is 288 g/mol. The van der Waals surface area contributed by atoms with Crippen LogP contribution in [0.2, 0.25) is 10.0 Å². The Labute approximate surface area is 118 Å². The van der Waals surface area contributed by atoms with Gasteiger partial charge in [0.15, 0.2) is 0 Å². The van der Waals surface area contributed by atoms with Crippen LogP contribution in [0.1, 0.15) is 13.8 Å². The lowest BCUT2D eigenvalue weighted by Gasteiger charge is -2.44. The van der Waals surface area contributed by atoms with Gasteiger partial charge >= 0.3 is 0 Å². The lowest BCUT2D eigenvalue weighted by Crippen LogP contribution is -2.55. The molecule has 1 unspecified atom stereocenters. The van der Waals surface area contributed by atoms with Gasteiger partial charge in [0.25, 0.3) is 0 Å². The van der Waals surface area contributed by atoms with Crippen molar-refractivity contribution in [2.75, 3.05) is 24.5 Å². The SMILES string of the molecule is CC1(C)CN(c2cccc(Cl)c2Cl)CC(CN)O1. The standard InChI is InChI=1S/C13H18Cl2N2O/c1-13(2)8-17(7-9(6-16)18-13)11-5-3-4-10(14)12(11)15/h3-5,9H,6-8,16H2,1-2H3. The van der Waals surface area contributed by atoms with Gasteiger partial charge in [-0.1, -0.05) is 29.3 Å². The van der Waals surface area contributed by atoms with E-state index in [0.29, 0.717) is 16.6 Å². The first-order chi connectivity index (χ1) is 8.43. The Morgan fingerprint density at radius 3 is 2.83 bits per heavy atom. The van der Waals surface area contributed by atoms with E-state index in [0.717, 1.165) is 18.8 Å². The molecule has 3 nitrogen and oxygen atoms in total. The van der Waals surface area contributed by atoms with Crippen molar-refractivity contribution in [2.24, 2.45) is 5.73 Å². The van der Waals surface area contributed by atoms with Crippen LogP contribution in [0, 0.1) is 0 Å². The van der Waals surface area contributed by atoms with Gasteiger partial charge in [-0.25, -0.2) is 0 Å². The number of ether oxygens (including phenoxy) is 1. The van der Waals surface area contributed by atoms with Crippen molar-refractivity contribution in [3.63, 3.8) is 0 Å². The molecule has 0 bridgehead atoms. The molecule has 0 aliphatic carbocycles. The van der Waals surface area contributed by atoms with Crippen LogP contribution in [0.3, 0.4) is 0 Å². The van der Waals surface area contributed by atoms with Gasteiger partial charge in [0.1, 0.15) is 0 Å². The van der Waals surface area contributed by atoms with E-state index < -0.39 is 0 Å². The molecule has 1 saturated heterocycles. The predicted molar refractivity (Wildman–Crippen MR) is 76.7 cm³/mol. The third-order valence-electron chi connectivity index (χ3n) is 3.02. The minimum atomic E-state index is -0.242. The Morgan fingerprint density at radius 1 is 1.44 bits per heavy atom. The van der Waals surface area contributed by atoms with Gasteiger partial charge < -0.3 is 15.4 Å².